The van der Waals surface area contributed by atoms with Gasteiger partial charge in [0.1, 0.15) is 0 Å². The number of hydrogen-bond donors (Lipinski definition) is 1. The second kappa shape index (κ2) is 10.4. The van der Waals surface area contributed by atoms with Gasteiger partial charge in [0.15, 0.2) is 0 Å². The van der Waals surface area contributed by atoms with Crippen LogP contribution < -0.4 is 5.32 Å². The van der Waals surface area contributed by atoms with Crippen molar-refractivity contribution >= 4 is 23.5 Å². The molecule has 0 saturated heterocycles. The Morgan fingerprint density at radius 3 is 2.54 bits per heavy atom. The summed E-state index contributed by atoms with van der Waals surface area (Å²) in [5.41, 5.74) is 0.872. The Morgan fingerprint density at radius 2 is 1.92 bits per heavy atom. The van der Waals surface area contributed by atoms with Crippen molar-refractivity contribution < 1.29 is 23.9 Å². The lowest BCUT2D eigenvalue weighted by atomic mass is 10.2. The standard InChI is InChI=1S/C17H24N2O5/c1-13(20)19(9-5-11-23-2)10-8-16(21)18-15-7-4-6-14(12-15)17(22)24-3/h4,6-7,12H,5,8-11H2,1-3H3,(H,18,21). The highest BCUT2D eigenvalue weighted by Crippen LogP contribution is 2.12. The second-order valence-corrected chi connectivity index (χ2v) is 5.22. The molecule has 24 heavy (non-hydrogen) atoms. The van der Waals surface area contributed by atoms with Crippen molar-refractivity contribution in [1.82, 2.24) is 4.90 Å². The lowest BCUT2D eigenvalue weighted by molar-refractivity contribution is -0.129. The van der Waals surface area contributed by atoms with Crippen LogP contribution in [-0.2, 0) is 19.1 Å². The van der Waals surface area contributed by atoms with Crippen molar-refractivity contribution in [2.75, 3.05) is 39.2 Å². The van der Waals surface area contributed by atoms with Gasteiger partial charge in [0.05, 0.1) is 12.7 Å². The molecule has 7 heteroatoms. The van der Waals surface area contributed by atoms with Gasteiger partial charge in [-0.05, 0) is 24.6 Å². The average Bonchev–Trinajstić information content (AvgIpc) is 2.57. The molecule has 132 valence electrons. The Kier molecular flexibility index (Phi) is 8.49. The van der Waals surface area contributed by atoms with E-state index in [4.69, 9.17) is 4.74 Å². The summed E-state index contributed by atoms with van der Waals surface area (Å²) in [5, 5.41) is 2.71. The summed E-state index contributed by atoms with van der Waals surface area (Å²) in [6.07, 6.45) is 0.897. The van der Waals surface area contributed by atoms with Crippen LogP contribution in [0.4, 0.5) is 5.69 Å². The number of carbonyl (C=O) groups is 3. The molecule has 1 N–H and O–H groups in total. The molecular formula is C17H24N2O5. The first-order chi connectivity index (χ1) is 11.5. The number of ether oxygens (including phenoxy) is 2. The molecule has 0 unspecified atom stereocenters. The number of amides is 2. The quantitative estimate of drug-likeness (QED) is 0.548. The Bertz CT molecular complexity index is 574. The monoisotopic (exact) mass is 336 g/mol. The summed E-state index contributed by atoms with van der Waals surface area (Å²) in [5.74, 6) is -0.770. The van der Waals surface area contributed by atoms with E-state index in [2.05, 4.69) is 10.1 Å². The molecule has 0 radical (unpaired) electrons. The SMILES string of the molecule is COCCCN(CCC(=O)Nc1cccc(C(=O)OC)c1)C(C)=O. The summed E-state index contributed by atoms with van der Waals surface area (Å²) in [7, 11) is 2.90. The Labute approximate surface area is 141 Å². The van der Waals surface area contributed by atoms with Gasteiger partial charge in [0, 0.05) is 45.8 Å². The van der Waals surface area contributed by atoms with Crippen molar-refractivity contribution in [3.05, 3.63) is 29.8 Å². The van der Waals surface area contributed by atoms with Crippen LogP contribution in [0.2, 0.25) is 0 Å². The topological polar surface area (TPSA) is 84.9 Å². The summed E-state index contributed by atoms with van der Waals surface area (Å²) >= 11 is 0. The zero-order valence-corrected chi connectivity index (χ0v) is 14.3. The second-order valence-electron chi connectivity index (χ2n) is 5.22. The molecule has 0 fully saturated rings. The van der Waals surface area contributed by atoms with Gasteiger partial charge in [-0.2, -0.15) is 0 Å². The molecule has 1 aromatic rings. The number of carbonyl (C=O) groups excluding carboxylic acids is 3. The van der Waals surface area contributed by atoms with Gasteiger partial charge in [0.25, 0.3) is 0 Å². The van der Waals surface area contributed by atoms with Crippen molar-refractivity contribution in [3.63, 3.8) is 0 Å². The fourth-order valence-electron chi connectivity index (χ4n) is 2.13. The van der Waals surface area contributed by atoms with Gasteiger partial charge in [-0.15, -0.1) is 0 Å². The molecule has 1 rings (SSSR count). The summed E-state index contributed by atoms with van der Waals surface area (Å²) < 4.78 is 9.60. The molecular weight excluding hydrogens is 312 g/mol. The molecule has 0 bridgehead atoms. The van der Waals surface area contributed by atoms with Crippen molar-refractivity contribution in [3.8, 4) is 0 Å². The van der Waals surface area contributed by atoms with Crippen LogP contribution in [-0.4, -0.2) is 56.6 Å². The highest BCUT2D eigenvalue weighted by Gasteiger charge is 2.12. The summed E-state index contributed by atoms with van der Waals surface area (Å²) in [4.78, 5) is 36.7. The maximum absolute atomic E-state index is 12.0. The van der Waals surface area contributed by atoms with Gasteiger partial charge in [-0.3, -0.25) is 9.59 Å². The van der Waals surface area contributed by atoms with Gasteiger partial charge in [-0.25, -0.2) is 4.79 Å². The largest absolute Gasteiger partial charge is 0.465 e. The normalized spacial score (nSPS) is 10.1. The van der Waals surface area contributed by atoms with E-state index in [-0.39, 0.29) is 18.2 Å². The van der Waals surface area contributed by atoms with Gasteiger partial charge >= 0.3 is 5.97 Å². The lowest BCUT2D eigenvalue weighted by Crippen LogP contribution is -2.33. The molecule has 0 atom stereocenters. The van der Waals surface area contributed by atoms with E-state index in [1.54, 1.807) is 36.3 Å². The average molecular weight is 336 g/mol. The number of hydrogen-bond acceptors (Lipinski definition) is 5. The van der Waals surface area contributed by atoms with E-state index < -0.39 is 5.97 Å². The van der Waals surface area contributed by atoms with Crippen LogP contribution in [0.3, 0.4) is 0 Å². The molecule has 0 aliphatic carbocycles. The molecule has 0 saturated carbocycles. The number of esters is 1. The van der Waals surface area contributed by atoms with Crippen LogP contribution in [0.15, 0.2) is 24.3 Å². The number of nitrogens with zero attached hydrogens (tertiary/aromatic N) is 1. The summed E-state index contributed by atoms with van der Waals surface area (Å²) in [6.45, 7) is 2.93. The molecule has 0 aliphatic heterocycles. The molecule has 0 aliphatic rings. The van der Waals surface area contributed by atoms with E-state index >= 15 is 0 Å². The first kappa shape index (κ1) is 19.6. The fourth-order valence-corrected chi connectivity index (χ4v) is 2.13. The fraction of sp³-hybridized carbons (Fsp3) is 0.471. The van der Waals surface area contributed by atoms with Crippen molar-refractivity contribution in [2.24, 2.45) is 0 Å². The highest BCUT2D eigenvalue weighted by molar-refractivity contribution is 5.94. The summed E-state index contributed by atoms with van der Waals surface area (Å²) in [6, 6.07) is 6.50. The maximum atomic E-state index is 12.0. The lowest BCUT2D eigenvalue weighted by Gasteiger charge is -2.20. The molecule has 0 heterocycles. The molecule has 2 amide bonds. The zero-order chi connectivity index (χ0) is 17.9. The number of benzene rings is 1. The smallest absolute Gasteiger partial charge is 0.337 e. The van der Waals surface area contributed by atoms with Crippen molar-refractivity contribution in [2.45, 2.75) is 19.8 Å². The molecule has 7 nitrogen and oxygen atoms in total. The number of rotatable bonds is 9. The highest BCUT2D eigenvalue weighted by atomic mass is 16.5. The predicted octanol–water partition coefficient (Wildman–Crippen LogP) is 1.69. The van der Waals surface area contributed by atoms with E-state index in [1.807, 2.05) is 0 Å². The minimum atomic E-state index is -0.466. The Morgan fingerprint density at radius 1 is 1.17 bits per heavy atom. The number of anilines is 1. The first-order valence-electron chi connectivity index (χ1n) is 7.70. The van der Waals surface area contributed by atoms with Gasteiger partial charge < -0.3 is 19.7 Å². The van der Waals surface area contributed by atoms with E-state index in [1.165, 1.54) is 14.0 Å². The zero-order valence-electron chi connectivity index (χ0n) is 14.3. The Balaban J connectivity index is 2.53. The molecule has 0 aromatic heterocycles. The van der Waals surface area contributed by atoms with E-state index in [0.717, 1.165) is 6.42 Å². The van der Waals surface area contributed by atoms with Gasteiger partial charge in [0.2, 0.25) is 11.8 Å². The maximum Gasteiger partial charge on any atom is 0.337 e. The minimum Gasteiger partial charge on any atom is -0.465 e. The number of methoxy groups -OCH3 is 2. The van der Waals surface area contributed by atoms with Crippen LogP contribution in [0.25, 0.3) is 0 Å². The van der Waals surface area contributed by atoms with Crippen LogP contribution in [0, 0.1) is 0 Å². The van der Waals surface area contributed by atoms with E-state index in [0.29, 0.717) is 30.9 Å². The third-order valence-electron chi connectivity index (χ3n) is 3.40. The van der Waals surface area contributed by atoms with Crippen LogP contribution in [0.1, 0.15) is 30.1 Å². The number of nitrogens with one attached hydrogen (secondary N) is 1. The minimum absolute atomic E-state index is 0.0772. The third kappa shape index (κ3) is 6.78. The predicted molar refractivity (Wildman–Crippen MR) is 89.8 cm³/mol. The first-order valence-corrected chi connectivity index (χ1v) is 7.70. The van der Waals surface area contributed by atoms with E-state index in [9.17, 15) is 14.4 Å². The molecule has 0 spiro atoms. The van der Waals surface area contributed by atoms with Crippen molar-refractivity contribution in [1.29, 1.82) is 0 Å². The van der Waals surface area contributed by atoms with Gasteiger partial charge in [-0.1, -0.05) is 6.07 Å². The van der Waals surface area contributed by atoms with Crippen LogP contribution >= 0.6 is 0 Å². The third-order valence-corrected chi connectivity index (χ3v) is 3.40. The van der Waals surface area contributed by atoms with Crippen LogP contribution in [0.5, 0.6) is 0 Å². The molecule has 1 aromatic carbocycles. The Hall–Kier alpha value is -2.41.